The fraction of sp³-hybridized carbons (Fsp3) is 0.357. The molecule has 0 radical (unpaired) electrons. The first-order valence-electron chi connectivity index (χ1n) is 5.69. The highest BCUT2D eigenvalue weighted by Crippen LogP contribution is 2.09. The van der Waals surface area contributed by atoms with Crippen molar-refractivity contribution < 1.29 is 18.3 Å². The molecule has 1 aromatic rings. The van der Waals surface area contributed by atoms with Gasteiger partial charge in [-0.3, -0.25) is 0 Å². The molecule has 1 rings (SSSR count). The average molecular weight is 267 g/mol. The van der Waals surface area contributed by atoms with Gasteiger partial charge >= 0.3 is 6.09 Å². The van der Waals surface area contributed by atoms with E-state index in [4.69, 9.17) is 4.74 Å². The maximum absolute atomic E-state index is 13.2. The van der Waals surface area contributed by atoms with Crippen molar-refractivity contribution in [1.29, 1.82) is 0 Å². The lowest BCUT2D eigenvalue weighted by atomic mass is 10.2. The molecule has 3 nitrogen and oxygen atoms in total. The topological polar surface area (TPSA) is 38.3 Å². The summed E-state index contributed by atoms with van der Waals surface area (Å²) in [6.07, 6.45) is -0.629. The Hall–Kier alpha value is -2.09. The second kappa shape index (κ2) is 6.19. The molecule has 0 aliphatic heterocycles. The minimum Gasteiger partial charge on any atom is -0.444 e. The summed E-state index contributed by atoms with van der Waals surface area (Å²) in [6.45, 7) is 5.13. The van der Waals surface area contributed by atoms with Crippen LogP contribution in [0.25, 0.3) is 0 Å². The highest BCUT2D eigenvalue weighted by Gasteiger charge is 2.15. The summed E-state index contributed by atoms with van der Waals surface area (Å²) in [6, 6.07) is 3.50. The minimum atomic E-state index is -0.732. The van der Waals surface area contributed by atoms with Gasteiger partial charge in [0.15, 0.2) is 0 Å². The SMILES string of the molecule is CC(C)(C)OC(=O)NCC#Cc1c(F)cccc1F. The van der Waals surface area contributed by atoms with Crippen LogP contribution in [0.3, 0.4) is 0 Å². The maximum atomic E-state index is 13.2. The number of hydrogen-bond donors (Lipinski definition) is 1. The van der Waals surface area contributed by atoms with Crippen LogP contribution in [-0.2, 0) is 4.74 Å². The number of halogens is 2. The van der Waals surface area contributed by atoms with E-state index in [-0.39, 0.29) is 12.1 Å². The molecular formula is C14H15F2NO2. The summed E-state index contributed by atoms with van der Waals surface area (Å²) >= 11 is 0. The molecule has 0 saturated heterocycles. The summed E-state index contributed by atoms with van der Waals surface area (Å²) < 4.78 is 31.4. The predicted octanol–water partition coefficient (Wildman–Crippen LogP) is 2.84. The quantitative estimate of drug-likeness (QED) is 0.795. The van der Waals surface area contributed by atoms with Gasteiger partial charge in [-0.05, 0) is 32.9 Å². The van der Waals surface area contributed by atoms with Crippen molar-refractivity contribution in [2.24, 2.45) is 0 Å². The molecule has 0 spiro atoms. The zero-order valence-electron chi connectivity index (χ0n) is 11.0. The second-order valence-corrected chi connectivity index (χ2v) is 4.75. The number of rotatable bonds is 1. The molecule has 1 amide bonds. The Morgan fingerprint density at radius 1 is 1.32 bits per heavy atom. The van der Waals surface area contributed by atoms with Crippen molar-refractivity contribution in [3.05, 3.63) is 35.4 Å². The number of alkyl carbamates (subject to hydrolysis) is 1. The monoisotopic (exact) mass is 267 g/mol. The number of benzene rings is 1. The zero-order valence-corrected chi connectivity index (χ0v) is 11.0. The molecule has 0 saturated carbocycles. The molecule has 19 heavy (non-hydrogen) atoms. The Morgan fingerprint density at radius 3 is 2.42 bits per heavy atom. The number of ether oxygens (including phenoxy) is 1. The van der Waals surface area contributed by atoms with E-state index in [1.165, 1.54) is 6.07 Å². The summed E-state index contributed by atoms with van der Waals surface area (Å²) in [5.74, 6) is 3.32. The van der Waals surface area contributed by atoms with Crippen LogP contribution in [0.4, 0.5) is 13.6 Å². The van der Waals surface area contributed by atoms with E-state index >= 15 is 0 Å². The lowest BCUT2D eigenvalue weighted by Gasteiger charge is -2.18. The van der Waals surface area contributed by atoms with E-state index < -0.39 is 23.3 Å². The molecule has 102 valence electrons. The number of amides is 1. The molecule has 0 heterocycles. The van der Waals surface area contributed by atoms with E-state index in [9.17, 15) is 13.6 Å². The lowest BCUT2D eigenvalue weighted by Crippen LogP contribution is -2.32. The first-order chi connectivity index (χ1) is 8.79. The average Bonchev–Trinajstić information content (AvgIpc) is 2.25. The predicted molar refractivity (Wildman–Crippen MR) is 67.5 cm³/mol. The Labute approximate surface area is 111 Å². The van der Waals surface area contributed by atoms with Crippen LogP contribution in [-0.4, -0.2) is 18.2 Å². The second-order valence-electron chi connectivity index (χ2n) is 4.75. The van der Waals surface area contributed by atoms with Crippen molar-refractivity contribution in [3.8, 4) is 11.8 Å². The summed E-state index contributed by atoms with van der Waals surface area (Å²) in [5.41, 5.74) is -0.914. The van der Waals surface area contributed by atoms with Gasteiger partial charge in [-0.15, -0.1) is 0 Å². The molecule has 1 aromatic carbocycles. The molecular weight excluding hydrogens is 252 g/mol. The van der Waals surface area contributed by atoms with Crippen molar-refractivity contribution in [1.82, 2.24) is 5.32 Å². The summed E-state index contributed by atoms with van der Waals surface area (Å²) in [5, 5.41) is 2.37. The van der Waals surface area contributed by atoms with Gasteiger partial charge in [0, 0.05) is 0 Å². The van der Waals surface area contributed by atoms with Crippen LogP contribution in [0.2, 0.25) is 0 Å². The third-order valence-corrected chi connectivity index (χ3v) is 1.90. The van der Waals surface area contributed by atoms with E-state index in [0.717, 1.165) is 12.1 Å². The number of carbonyl (C=O) groups is 1. The van der Waals surface area contributed by atoms with Gasteiger partial charge < -0.3 is 10.1 Å². The van der Waals surface area contributed by atoms with Crippen LogP contribution in [0, 0.1) is 23.5 Å². The molecule has 0 fully saturated rings. The van der Waals surface area contributed by atoms with Crippen molar-refractivity contribution in [2.45, 2.75) is 26.4 Å². The fourth-order valence-corrected chi connectivity index (χ4v) is 1.18. The van der Waals surface area contributed by atoms with Crippen molar-refractivity contribution >= 4 is 6.09 Å². The molecule has 0 atom stereocenters. The Balaban J connectivity index is 2.55. The molecule has 1 N–H and O–H groups in total. The van der Waals surface area contributed by atoms with Gasteiger partial charge in [-0.1, -0.05) is 17.9 Å². The van der Waals surface area contributed by atoms with Gasteiger partial charge in [0.1, 0.15) is 17.2 Å². The van der Waals surface area contributed by atoms with Crippen LogP contribution >= 0.6 is 0 Å². The molecule has 5 heteroatoms. The molecule has 0 bridgehead atoms. The van der Waals surface area contributed by atoms with Crippen molar-refractivity contribution in [2.75, 3.05) is 6.54 Å². The fourth-order valence-electron chi connectivity index (χ4n) is 1.18. The lowest BCUT2D eigenvalue weighted by molar-refractivity contribution is 0.0535. The van der Waals surface area contributed by atoms with Gasteiger partial charge in [-0.25, -0.2) is 13.6 Å². The molecule has 0 unspecified atom stereocenters. The Bertz CT molecular complexity index is 504. The Kier molecular flexibility index (Phi) is 4.87. The van der Waals surface area contributed by atoms with E-state index in [1.54, 1.807) is 20.8 Å². The van der Waals surface area contributed by atoms with Crippen LogP contribution in [0.5, 0.6) is 0 Å². The molecule has 0 aromatic heterocycles. The highest BCUT2D eigenvalue weighted by molar-refractivity contribution is 5.68. The van der Waals surface area contributed by atoms with Gasteiger partial charge in [-0.2, -0.15) is 0 Å². The zero-order chi connectivity index (χ0) is 14.5. The van der Waals surface area contributed by atoms with Gasteiger partial charge in [0.05, 0.1) is 12.1 Å². The third kappa shape index (κ3) is 5.38. The van der Waals surface area contributed by atoms with E-state index in [1.807, 2.05) is 0 Å². The van der Waals surface area contributed by atoms with E-state index in [0.29, 0.717) is 0 Å². The molecule has 0 aliphatic carbocycles. The third-order valence-electron chi connectivity index (χ3n) is 1.90. The standard InChI is InChI=1S/C14H15F2NO2/c1-14(2,3)19-13(18)17-9-5-6-10-11(15)7-4-8-12(10)16/h4,7-8H,9H2,1-3H3,(H,17,18). The van der Waals surface area contributed by atoms with Crippen molar-refractivity contribution in [3.63, 3.8) is 0 Å². The van der Waals surface area contributed by atoms with Crippen LogP contribution < -0.4 is 5.32 Å². The summed E-state index contributed by atoms with van der Waals surface area (Å²) in [4.78, 5) is 11.3. The first-order valence-corrected chi connectivity index (χ1v) is 5.69. The minimum absolute atomic E-state index is 0.0529. The Morgan fingerprint density at radius 2 is 1.89 bits per heavy atom. The highest BCUT2D eigenvalue weighted by atomic mass is 19.1. The number of carbonyl (C=O) groups excluding carboxylic acids is 1. The number of hydrogen-bond acceptors (Lipinski definition) is 2. The van der Waals surface area contributed by atoms with Gasteiger partial charge in [0.2, 0.25) is 0 Å². The summed E-state index contributed by atoms with van der Waals surface area (Å²) in [7, 11) is 0. The van der Waals surface area contributed by atoms with Crippen LogP contribution in [0.1, 0.15) is 26.3 Å². The normalized spacial score (nSPS) is 10.4. The van der Waals surface area contributed by atoms with Gasteiger partial charge in [0.25, 0.3) is 0 Å². The maximum Gasteiger partial charge on any atom is 0.408 e. The van der Waals surface area contributed by atoms with Crippen LogP contribution in [0.15, 0.2) is 18.2 Å². The largest absolute Gasteiger partial charge is 0.444 e. The smallest absolute Gasteiger partial charge is 0.408 e. The number of nitrogens with one attached hydrogen (secondary N) is 1. The van der Waals surface area contributed by atoms with E-state index in [2.05, 4.69) is 17.2 Å². The molecule has 0 aliphatic rings. The first kappa shape index (κ1) is 15.0.